The van der Waals surface area contributed by atoms with Crippen LogP contribution in [0.15, 0.2) is 18.2 Å². The summed E-state index contributed by atoms with van der Waals surface area (Å²) in [6, 6.07) is 4.40. The summed E-state index contributed by atoms with van der Waals surface area (Å²) in [6.45, 7) is 1.64. The first-order valence-electron chi connectivity index (χ1n) is 4.03. The maximum Gasteiger partial charge on any atom is 0.180 e. The van der Waals surface area contributed by atoms with E-state index in [1.165, 1.54) is 18.2 Å². The highest BCUT2D eigenvalue weighted by atomic mass is 79.9. The molecule has 3 nitrogen and oxygen atoms in total. The summed E-state index contributed by atoms with van der Waals surface area (Å²) < 4.78 is 0. The maximum absolute atomic E-state index is 11.6. The number of benzene rings is 1. The van der Waals surface area contributed by atoms with E-state index in [9.17, 15) is 14.7 Å². The van der Waals surface area contributed by atoms with Gasteiger partial charge in [-0.3, -0.25) is 9.59 Å². The van der Waals surface area contributed by atoms with E-state index in [1.807, 2.05) is 0 Å². The molecule has 74 valence electrons. The van der Waals surface area contributed by atoms with Gasteiger partial charge in [0.05, 0.1) is 10.4 Å². The fourth-order valence-corrected chi connectivity index (χ4v) is 1.35. The maximum atomic E-state index is 11.6. The fraction of sp³-hybridized carbons (Fsp3) is 0.200. The number of alkyl halides is 1. The predicted molar refractivity (Wildman–Crippen MR) is 56.2 cm³/mol. The van der Waals surface area contributed by atoms with Crippen LogP contribution >= 0.6 is 15.9 Å². The van der Waals surface area contributed by atoms with Gasteiger partial charge in [0.2, 0.25) is 0 Å². The van der Waals surface area contributed by atoms with Crippen molar-refractivity contribution in [2.75, 3.05) is 0 Å². The van der Waals surface area contributed by atoms with Gasteiger partial charge in [-0.2, -0.15) is 0 Å². The molecule has 1 N–H and O–H groups in total. The van der Waals surface area contributed by atoms with E-state index in [0.717, 1.165) is 0 Å². The van der Waals surface area contributed by atoms with Crippen LogP contribution in [0.25, 0.3) is 0 Å². The summed E-state index contributed by atoms with van der Waals surface area (Å²) in [5.74, 6) is -0.462. The first kappa shape index (κ1) is 10.9. The number of carbonyl (C=O) groups excluding carboxylic acids is 2. The Morgan fingerprint density at radius 3 is 2.71 bits per heavy atom. The largest absolute Gasteiger partial charge is 0.507 e. The standard InChI is InChI=1S/C10H9BrO3/c1-6(11)10(14)9-7(5-12)3-2-4-8(9)13/h2-6,13H,1H3. The van der Waals surface area contributed by atoms with Crippen molar-refractivity contribution in [1.82, 2.24) is 0 Å². The number of ketones is 1. The summed E-state index contributed by atoms with van der Waals surface area (Å²) >= 11 is 3.10. The third kappa shape index (κ3) is 2.01. The van der Waals surface area contributed by atoms with Crippen LogP contribution in [0.5, 0.6) is 5.75 Å². The van der Waals surface area contributed by atoms with Crippen molar-refractivity contribution in [3.8, 4) is 5.75 Å². The molecule has 1 atom stereocenters. The normalized spacial score (nSPS) is 12.1. The van der Waals surface area contributed by atoms with E-state index in [1.54, 1.807) is 6.92 Å². The van der Waals surface area contributed by atoms with Crippen molar-refractivity contribution in [2.45, 2.75) is 11.8 Å². The Morgan fingerprint density at radius 1 is 1.57 bits per heavy atom. The summed E-state index contributed by atoms with van der Waals surface area (Å²) in [7, 11) is 0. The zero-order valence-electron chi connectivity index (χ0n) is 7.53. The molecule has 0 fully saturated rings. The van der Waals surface area contributed by atoms with Crippen molar-refractivity contribution in [1.29, 1.82) is 0 Å². The van der Waals surface area contributed by atoms with Crippen LogP contribution in [0.4, 0.5) is 0 Å². The molecule has 0 aliphatic heterocycles. The van der Waals surface area contributed by atoms with Crippen LogP contribution in [0.2, 0.25) is 0 Å². The Bertz CT molecular complexity index is 372. The van der Waals surface area contributed by atoms with Crippen molar-refractivity contribution in [3.63, 3.8) is 0 Å². The number of halogens is 1. The van der Waals surface area contributed by atoms with E-state index in [4.69, 9.17) is 0 Å². The molecule has 14 heavy (non-hydrogen) atoms. The van der Waals surface area contributed by atoms with Crippen LogP contribution in [0, 0.1) is 0 Å². The van der Waals surface area contributed by atoms with E-state index < -0.39 is 4.83 Å². The number of aldehydes is 1. The molecular formula is C10H9BrO3. The number of Topliss-reactive ketones (excluding diaryl/α,β-unsaturated/α-hetero) is 1. The van der Waals surface area contributed by atoms with Gasteiger partial charge in [-0.15, -0.1) is 0 Å². The van der Waals surface area contributed by atoms with E-state index in [0.29, 0.717) is 6.29 Å². The minimum Gasteiger partial charge on any atom is -0.507 e. The van der Waals surface area contributed by atoms with Crippen LogP contribution in [-0.2, 0) is 0 Å². The van der Waals surface area contributed by atoms with Crippen molar-refractivity contribution >= 4 is 28.0 Å². The molecule has 0 saturated carbocycles. The van der Waals surface area contributed by atoms with Crippen LogP contribution in [0.1, 0.15) is 27.6 Å². The SMILES string of the molecule is CC(Br)C(=O)c1c(O)cccc1C=O. The zero-order chi connectivity index (χ0) is 10.7. The number of rotatable bonds is 3. The highest BCUT2D eigenvalue weighted by Crippen LogP contribution is 2.23. The molecule has 0 spiro atoms. The lowest BCUT2D eigenvalue weighted by Gasteiger charge is -2.07. The zero-order valence-corrected chi connectivity index (χ0v) is 9.11. The highest BCUT2D eigenvalue weighted by molar-refractivity contribution is 9.10. The minimum absolute atomic E-state index is 0.0758. The quantitative estimate of drug-likeness (QED) is 0.513. The molecule has 1 rings (SSSR count). The molecule has 1 unspecified atom stereocenters. The van der Waals surface area contributed by atoms with E-state index >= 15 is 0 Å². The Hall–Kier alpha value is -1.16. The lowest BCUT2D eigenvalue weighted by Crippen LogP contribution is -2.12. The molecule has 0 bridgehead atoms. The monoisotopic (exact) mass is 256 g/mol. The molecule has 0 amide bonds. The molecular weight excluding hydrogens is 248 g/mol. The second-order valence-electron chi connectivity index (χ2n) is 2.84. The second kappa shape index (κ2) is 4.37. The Kier molecular flexibility index (Phi) is 3.41. The smallest absolute Gasteiger partial charge is 0.180 e. The van der Waals surface area contributed by atoms with Crippen LogP contribution in [-0.4, -0.2) is 22.0 Å². The first-order chi connectivity index (χ1) is 6.57. The van der Waals surface area contributed by atoms with Gasteiger partial charge >= 0.3 is 0 Å². The highest BCUT2D eigenvalue weighted by Gasteiger charge is 2.19. The lowest BCUT2D eigenvalue weighted by atomic mass is 10.0. The summed E-state index contributed by atoms with van der Waals surface area (Å²) in [6.07, 6.45) is 0.558. The molecule has 0 aliphatic rings. The molecule has 0 radical (unpaired) electrons. The average molecular weight is 257 g/mol. The number of hydrogen-bond acceptors (Lipinski definition) is 3. The molecule has 1 aromatic carbocycles. The lowest BCUT2D eigenvalue weighted by molar-refractivity contribution is 0.0986. The van der Waals surface area contributed by atoms with Crippen LogP contribution in [0.3, 0.4) is 0 Å². The van der Waals surface area contributed by atoms with Crippen LogP contribution < -0.4 is 0 Å². The minimum atomic E-state index is -0.422. The first-order valence-corrected chi connectivity index (χ1v) is 4.95. The van der Waals surface area contributed by atoms with Gasteiger partial charge in [0.1, 0.15) is 5.75 Å². The number of hydrogen-bond donors (Lipinski definition) is 1. The predicted octanol–water partition coefficient (Wildman–Crippen LogP) is 2.17. The number of phenols is 1. The van der Waals surface area contributed by atoms with Crippen molar-refractivity contribution in [3.05, 3.63) is 29.3 Å². The van der Waals surface area contributed by atoms with Gasteiger partial charge in [0.15, 0.2) is 12.1 Å². The Balaban J connectivity index is 3.30. The van der Waals surface area contributed by atoms with Crippen molar-refractivity contribution in [2.24, 2.45) is 0 Å². The molecule has 0 heterocycles. The molecule has 0 aliphatic carbocycles. The van der Waals surface area contributed by atoms with Gasteiger partial charge in [-0.25, -0.2) is 0 Å². The van der Waals surface area contributed by atoms with Crippen molar-refractivity contribution < 1.29 is 14.7 Å². The van der Waals surface area contributed by atoms with Gasteiger partial charge in [-0.05, 0) is 13.0 Å². The molecule has 1 aromatic rings. The topological polar surface area (TPSA) is 54.4 Å². The fourth-order valence-electron chi connectivity index (χ4n) is 1.12. The third-order valence-corrected chi connectivity index (χ3v) is 2.23. The number of carbonyl (C=O) groups is 2. The molecule has 0 saturated heterocycles. The number of aromatic hydroxyl groups is 1. The Labute approximate surface area is 89.9 Å². The molecule has 4 heteroatoms. The number of phenolic OH excluding ortho intramolecular Hbond substituents is 1. The van der Waals surface area contributed by atoms with Gasteiger partial charge < -0.3 is 5.11 Å². The Morgan fingerprint density at radius 2 is 2.21 bits per heavy atom. The van der Waals surface area contributed by atoms with E-state index in [2.05, 4.69) is 15.9 Å². The van der Waals surface area contributed by atoms with Gasteiger partial charge in [-0.1, -0.05) is 28.1 Å². The van der Waals surface area contributed by atoms with Gasteiger partial charge in [0.25, 0.3) is 0 Å². The average Bonchev–Trinajstić information content (AvgIpc) is 2.16. The second-order valence-corrected chi connectivity index (χ2v) is 4.21. The summed E-state index contributed by atoms with van der Waals surface area (Å²) in [5, 5.41) is 9.44. The molecule has 0 aromatic heterocycles. The van der Waals surface area contributed by atoms with E-state index in [-0.39, 0.29) is 22.7 Å². The van der Waals surface area contributed by atoms with Gasteiger partial charge in [0, 0.05) is 5.56 Å². The summed E-state index contributed by atoms with van der Waals surface area (Å²) in [5.41, 5.74) is 0.285. The summed E-state index contributed by atoms with van der Waals surface area (Å²) in [4.78, 5) is 21.8. The third-order valence-electron chi connectivity index (χ3n) is 1.81.